The molecule has 1 unspecified atom stereocenters. The van der Waals surface area contributed by atoms with Gasteiger partial charge in [0.2, 0.25) is 5.89 Å². The number of nitrogen functional groups attached to an aromatic ring is 1. The van der Waals surface area contributed by atoms with Crippen molar-refractivity contribution in [2.24, 2.45) is 5.92 Å². The van der Waals surface area contributed by atoms with Gasteiger partial charge in [-0.25, -0.2) is 13.2 Å². The lowest BCUT2D eigenvalue weighted by atomic mass is 10.1. The summed E-state index contributed by atoms with van der Waals surface area (Å²) in [4.78, 5) is 38.7. The van der Waals surface area contributed by atoms with Gasteiger partial charge in [0.15, 0.2) is 15.6 Å². The van der Waals surface area contributed by atoms with Crippen LogP contribution in [-0.2, 0) is 16.3 Å². The summed E-state index contributed by atoms with van der Waals surface area (Å²) >= 11 is 0.950. The first-order valence-corrected chi connectivity index (χ1v) is 11.9. The number of Topliss-reactive ketones (excluding diaryl/α,β-unsaturated/α-hetero) is 1. The van der Waals surface area contributed by atoms with Crippen molar-refractivity contribution in [2.75, 3.05) is 23.0 Å². The zero-order valence-electron chi connectivity index (χ0n) is 15.3. The molecular formula is C16H19N5O6S2. The second kappa shape index (κ2) is 7.44. The van der Waals surface area contributed by atoms with Gasteiger partial charge < -0.3 is 10.2 Å². The van der Waals surface area contributed by atoms with Gasteiger partial charge in [-0.1, -0.05) is 11.8 Å². The lowest BCUT2D eigenvalue weighted by molar-refractivity contribution is 0.102. The van der Waals surface area contributed by atoms with E-state index in [1.165, 1.54) is 4.57 Å². The van der Waals surface area contributed by atoms with Crippen LogP contribution in [0.2, 0.25) is 0 Å². The number of ketones is 1. The number of hydrogen-bond acceptors (Lipinski definition) is 10. The minimum atomic E-state index is -2.99. The molecular weight excluding hydrogens is 422 g/mol. The van der Waals surface area contributed by atoms with Crippen molar-refractivity contribution in [1.82, 2.24) is 19.7 Å². The smallest absolute Gasteiger partial charge is 0.330 e. The predicted octanol–water partition coefficient (Wildman–Crippen LogP) is -0.211. The van der Waals surface area contributed by atoms with Crippen LogP contribution in [0.4, 0.5) is 5.82 Å². The van der Waals surface area contributed by atoms with Crippen molar-refractivity contribution in [3.05, 3.63) is 32.3 Å². The summed E-state index contributed by atoms with van der Waals surface area (Å²) in [5, 5.41) is 7.87. The standard InChI is InChI=1S/C16H19N5O6S2/c17-13-12(14(23)18-15(24)21(13)9-1-2-9)10(22)6-28-16-20-19-11(27-16)5-8-3-4-29(25,26)7-8/h8-9H,1-7,17H2,(H,18,23,24). The topological polar surface area (TPSA) is 171 Å². The molecule has 1 saturated heterocycles. The Hall–Kier alpha value is -2.41. The average molecular weight is 441 g/mol. The van der Waals surface area contributed by atoms with Crippen LogP contribution in [0.15, 0.2) is 19.2 Å². The minimum Gasteiger partial charge on any atom is -0.416 e. The van der Waals surface area contributed by atoms with E-state index in [4.69, 9.17) is 10.2 Å². The summed E-state index contributed by atoms with van der Waals surface area (Å²) in [6.07, 6.45) is 2.46. The van der Waals surface area contributed by atoms with Crippen molar-refractivity contribution >= 4 is 33.2 Å². The fraction of sp³-hybridized carbons (Fsp3) is 0.562. The van der Waals surface area contributed by atoms with Crippen molar-refractivity contribution in [3.8, 4) is 0 Å². The van der Waals surface area contributed by atoms with E-state index in [0.717, 1.165) is 24.6 Å². The Morgan fingerprint density at radius 3 is 2.69 bits per heavy atom. The van der Waals surface area contributed by atoms with E-state index in [-0.39, 0.29) is 45.8 Å². The summed E-state index contributed by atoms with van der Waals surface area (Å²) in [7, 11) is -2.99. The van der Waals surface area contributed by atoms with E-state index in [1.807, 2.05) is 0 Å². The molecule has 1 saturated carbocycles. The number of nitrogens with two attached hydrogens (primary N) is 1. The summed E-state index contributed by atoms with van der Waals surface area (Å²) in [6.45, 7) is 0. The van der Waals surface area contributed by atoms with Crippen molar-refractivity contribution in [1.29, 1.82) is 0 Å². The third-order valence-electron chi connectivity index (χ3n) is 4.94. The highest BCUT2D eigenvalue weighted by Crippen LogP contribution is 2.35. The van der Waals surface area contributed by atoms with E-state index in [2.05, 4.69) is 15.2 Å². The van der Waals surface area contributed by atoms with E-state index < -0.39 is 26.9 Å². The Balaban J connectivity index is 1.42. The molecule has 1 aliphatic carbocycles. The SMILES string of the molecule is Nc1c(C(=O)CSc2nnc(CC3CCS(=O)(=O)C3)o2)c(=O)[nH]c(=O)n1C1CC1. The molecule has 2 aromatic rings. The van der Waals surface area contributed by atoms with Gasteiger partial charge >= 0.3 is 5.69 Å². The summed E-state index contributed by atoms with van der Waals surface area (Å²) in [6, 6.07) is -0.0866. The van der Waals surface area contributed by atoms with Crippen LogP contribution >= 0.6 is 11.8 Å². The fourth-order valence-electron chi connectivity index (χ4n) is 3.39. The molecule has 1 atom stereocenters. The minimum absolute atomic E-state index is 0.0539. The maximum atomic E-state index is 12.5. The number of carbonyl (C=O) groups excluding carboxylic acids is 1. The number of rotatable bonds is 7. The Kier molecular flexibility index (Phi) is 5.11. The molecule has 2 aromatic heterocycles. The number of hydrogen-bond donors (Lipinski definition) is 2. The molecule has 4 rings (SSSR count). The number of sulfone groups is 1. The molecule has 0 radical (unpaired) electrons. The number of carbonyl (C=O) groups is 1. The molecule has 3 heterocycles. The summed E-state index contributed by atoms with van der Waals surface area (Å²) in [5.74, 6) is -0.320. The zero-order valence-corrected chi connectivity index (χ0v) is 16.9. The number of thioether (sulfide) groups is 1. The van der Waals surface area contributed by atoms with Crippen LogP contribution in [0, 0.1) is 5.92 Å². The van der Waals surface area contributed by atoms with Gasteiger partial charge in [-0.2, -0.15) is 0 Å². The predicted molar refractivity (Wildman–Crippen MR) is 104 cm³/mol. The number of anilines is 1. The molecule has 0 amide bonds. The van der Waals surface area contributed by atoms with Crippen LogP contribution in [-0.4, -0.2) is 51.2 Å². The Labute approximate surface area is 169 Å². The third kappa shape index (κ3) is 4.29. The van der Waals surface area contributed by atoms with Gasteiger partial charge in [-0.05, 0) is 25.2 Å². The third-order valence-corrected chi connectivity index (χ3v) is 7.59. The number of H-pyrrole nitrogens is 1. The second-order valence-electron chi connectivity index (χ2n) is 7.27. The monoisotopic (exact) mass is 441 g/mol. The highest BCUT2D eigenvalue weighted by molar-refractivity contribution is 7.99. The van der Waals surface area contributed by atoms with Gasteiger partial charge in [-0.3, -0.25) is 19.1 Å². The van der Waals surface area contributed by atoms with Gasteiger partial charge in [0, 0.05) is 12.5 Å². The molecule has 0 spiro atoms. The largest absolute Gasteiger partial charge is 0.416 e. The first kappa shape index (κ1) is 19.9. The number of aromatic nitrogens is 4. The van der Waals surface area contributed by atoms with Crippen LogP contribution in [0.25, 0.3) is 0 Å². The quantitative estimate of drug-likeness (QED) is 0.432. The van der Waals surface area contributed by atoms with E-state index in [9.17, 15) is 22.8 Å². The zero-order chi connectivity index (χ0) is 20.8. The molecule has 3 N–H and O–H groups in total. The summed E-state index contributed by atoms with van der Waals surface area (Å²) in [5.41, 5.74) is 4.24. The first-order chi connectivity index (χ1) is 13.7. The fourth-order valence-corrected chi connectivity index (χ4v) is 5.90. The van der Waals surface area contributed by atoms with Crippen LogP contribution in [0.5, 0.6) is 0 Å². The molecule has 0 aromatic carbocycles. The lowest BCUT2D eigenvalue weighted by Crippen LogP contribution is -2.36. The van der Waals surface area contributed by atoms with Crippen LogP contribution < -0.4 is 17.0 Å². The maximum Gasteiger partial charge on any atom is 0.330 e. The average Bonchev–Trinajstić information content (AvgIpc) is 3.25. The normalized spacial score (nSPS) is 20.8. The molecule has 13 heteroatoms. The lowest BCUT2D eigenvalue weighted by Gasteiger charge is -2.10. The van der Waals surface area contributed by atoms with Crippen LogP contribution in [0.3, 0.4) is 0 Å². The second-order valence-corrected chi connectivity index (χ2v) is 10.4. The Bertz CT molecular complexity index is 1180. The molecule has 11 nitrogen and oxygen atoms in total. The van der Waals surface area contributed by atoms with Crippen LogP contribution in [0.1, 0.15) is 41.6 Å². The van der Waals surface area contributed by atoms with Gasteiger partial charge in [0.1, 0.15) is 11.4 Å². The molecule has 29 heavy (non-hydrogen) atoms. The Morgan fingerprint density at radius 2 is 2.03 bits per heavy atom. The van der Waals surface area contributed by atoms with Crippen molar-refractivity contribution in [3.63, 3.8) is 0 Å². The number of aromatic amines is 1. The van der Waals surface area contributed by atoms with Crippen molar-refractivity contribution in [2.45, 2.75) is 36.9 Å². The maximum absolute atomic E-state index is 12.5. The van der Waals surface area contributed by atoms with Gasteiger partial charge in [-0.15, -0.1) is 10.2 Å². The van der Waals surface area contributed by atoms with Gasteiger partial charge in [0.25, 0.3) is 10.8 Å². The Morgan fingerprint density at radius 1 is 1.28 bits per heavy atom. The van der Waals surface area contributed by atoms with Crippen molar-refractivity contribution < 1.29 is 17.6 Å². The molecule has 2 fully saturated rings. The molecule has 2 aliphatic rings. The molecule has 0 bridgehead atoms. The van der Waals surface area contributed by atoms with Gasteiger partial charge in [0.05, 0.1) is 17.3 Å². The number of nitrogens with one attached hydrogen (secondary N) is 1. The first-order valence-electron chi connectivity index (χ1n) is 9.06. The summed E-state index contributed by atoms with van der Waals surface area (Å²) < 4.78 is 29.8. The van der Waals surface area contributed by atoms with E-state index >= 15 is 0 Å². The van der Waals surface area contributed by atoms with E-state index in [0.29, 0.717) is 18.7 Å². The highest BCUT2D eigenvalue weighted by Gasteiger charge is 2.31. The molecule has 1 aliphatic heterocycles. The molecule has 156 valence electrons. The number of nitrogens with zero attached hydrogens (tertiary/aromatic N) is 3. The van der Waals surface area contributed by atoms with E-state index in [1.54, 1.807) is 0 Å². The highest BCUT2D eigenvalue weighted by atomic mass is 32.2.